The number of ether oxygens (including phenoxy) is 1. The number of anilines is 2. The van der Waals surface area contributed by atoms with Crippen LogP contribution in [-0.2, 0) is 17.6 Å². The van der Waals surface area contributed by atoms with Gasteiger partial charge in [-0.2, -0.15) is 0 Å². The normalized spacial score (nSPS) is 17.4. The Hall–Kier alpha value is -4.05. The zero-order chi connectivity index (χ0) is 27.8. The number of nitrogens with one attached hydrogen (secondary N) is 1. The van der Waals surface area contributed by atoms with Crippen LogP contribution in [0.15, 0.2) is 45.6 Å². The molecule has 10 heteroatoms. The Kier molecular flexibility index (Phi) is 7.10. The van der Waals surface area contributed by atoms with Gasteiger partial charge in [0, 0.05) is 55.9 Å². The Morgan fingerprint density at radius 1 is 1.02 bits per heavy atom. The van der Waals surface area contributed by atoms with E-state index in [0.717, 1.165) is 55.8 Å². The van der Waals surface area contributed by atoms with Gasteiger partial charge in [0.05, 0.1) is 19.4 Å². The van der Waals surface area contributed by atoms with Crippen molar-refractivity contribution in [3.8, 4) is 5.75 Å². The largest absolute Gasteiger partial charge is 0.495 e. The van der Waals surface area contributed by atoms with E-state index in [1.807, 2.05) is 30.3 Å². The lowest BCUT2D eigenvalue weighted by atomic mass is 9.90. The number of carbonyl (C=O) groups excluding carboxylic acids is 2. The number of aryl methyl sites for hydroxylation is 2. The molecular formula is C30H34N4O6. The number of benzene rings is 2. The SMILES string of the molecule is COc1ccccc1N1CCN(C(=O)C(CO)NC(=O)c2cc3cc4c5c(c3oc2=O)CCCN5CCC4)CC1. The van der Waals surface area contributed by atoms with Crippen molar-refractivity contribution in [1.29, 1.82) is 0 Å². The summed E-state index contributed by atoms with van der Waals surface area (Å²) in [5, 5.41) is 13.3. The van der Waals surface area contributed by atoms with Crippen molar-refractivity contribution >= 4 is 34.2 Å². The summed E-state index contributed by atoms with van der Waals surface area (Å²) in [5.41, 5.74) is 4.01. The molecule has 3 aromatic rings. The standard InChI is InChI=1S/C30H34N4O6/c1-39-25-9-3-2-8-24(25)32-12-14-34(15-13-32)29(37)23(18-35)31-28(36)22-17-20-16-19-6-4-10-33-11-5-7-21(26(19)33)27(20)40-30(22)38/h2-3,8-9,16-17,23,35H,4-7,10-15,18H2,1H3,(H,31,36). The lowest BCUT2D eigenvalue weighted by molar-refractivity contribution is -0.134. The first kappa shape index (κ1) is 26.2. The fourth-order valence-corrected chi connectivity index (χ4v) is 6.30. The summed E-state index contributed by atoms with van der Waals surface area (Å²) in [4.78, 5) is 45.5. The summed E-state index contributed by atoms with van der Waals surface area (Å²) in [6.45, 7) is 3.43. The van der Waals surface area contributed by atoms with Gasteiger partial charge in [0.25, 0.3) is 5.91 Å². The number of nitrogens with zero attached hydrogens (tertiary/aromatic N) is 3. The number of aliphatic hydroxyl groups is 1. The molecule has 4 heterocycles. The minimum Gasteiger partial charge on any atom is -0.495 e. The van der Waals surface area contributed by atoms with E-state index in [1.165, 1.54) is 11.3 Å². The van der Waals surface area contributed by atoms with Gasteiger partial charge < -0.3 is 34.3 Å². The highest BCUT2D eigenvalue weighted by Crippen LogP contribution is 2.39. The summed E-state index contributed by atoms with van der Waals surface area (Å²) in [6.07, 6.45) is 3.83. The lowest BCUT2D eigenvalue weighted by Crippen LogP contribution is -2.56. The van der Waals surface area contributed by atoms with Crippen LogP contribution in [0.25, 0.3) is 11.0 Å². The maximum atomic E-state index is 13.2. The molecule has 0 radical (unpaired) electrons. The molecule has 1 fully saturated rings. The maximum Gasteiger partial charge on any atom is 0.349 e. The predicted octanol–water partition coefficient (Wildman–Crippen LogP) is 1.94. The van der Waals surface area contributed by atoms with Crippen LogP contribution in [0, 0.1) is 0 Å². The van der Waals surface area contributed by atoms with Gasteiger partial charge in [-0.25, -0.2) is 4.79 Å². The number of para-hydroxylation sites is 2. The molecule has 3 aliphatic heterocycles. The minimum absolute atomic E-state index is 0.171. The third-order valence-corrected chi connectivity index (χ3v) is 8.26. The van der Waals surface area contributed by atoms with Gasteiger partial charge in [0.15, 0.2) is 0 Å². The Morgan fingerprint density at radius 3 is 2.52 bits per heavy atom. The number of methoxy groups -OCH3 is 1. The highest BCUT2D eigenvalue weighted by atomic mass is 16.5. The Balaban J connectivity index is 1.18. The number of hydrogen-bond donors (Lipinski definition) is 2. The van der Waals surface area contributed by atoms with Crippen molar-refractivity contribution in [3.05, 3.63) is 63.5 Å². The van der Waals surface area contributed by atoms with Crippen molar-refractivity contribution in [1.82, 2.24) is 10.2 Å². The molecule has 2 N–H and O–H groups in total. The van der Waals surface area contributed by atoms with Crippen LogP contribution < -0.4 is 25.5 Å². The van der Waals surface area contributed by atoms with Gasteiger partial charge in [0.2, 0.25) is 5.91 Å². The average molecular weight is 547 g/mol. The molecule has 1 atom stereocenters. The highest BCUT2D eigenvalue weighted by molar-refractivity contribution is 6.00. The minimum atomic E-state index is -1.17. The average Bonchev–Trinajstić information content (AvgIpc) is 3.00. The van der Waals surface area contributed by atoms with Gasteiger partial charge >= 0.3 is 5.63 Å². The first-order valence-electron chi connectivity index (χ1n) is 13.9. The molecule has 2 amide bonds. The summed E-state index contributed by atoms with van der Waals surface area (Å²) < 4.78 is 11.2. The molecule has 40 heavy (non-hydrogen) atoms. The summed E-state index contributed by atoms with van der Waals surface area (Å²) in [7, 11) is 1.63. The number of amides is 2. The van der Waals surface area contributed by atoms with Gasteiger partial charge in [-0.3, -0.25) is 9.59 Å². The zero-order valence-corrected chi connectivity index (χ0v) is 22.6. The third-order valence-electron chi connectivity index (χ3n) is 8.26. The van der Waals surface area contributed by atoms with Crippen molar-refractivity contribution in [2.75, 3.05) is 62.8 Å². The number of fused-ring (bicyclic) bond motifs is 2. The summed E-state index contributed by atoms with van der Waals surface area (Å²) >= 11 is 0. The molecule has 3 aliphatic rings. The summed E-state index contributed by atoms with van der Waals surface area (Å²) in [5.74, 6) is -0.359. The van der Waals surface area contributed by atoms with Crippen molar-refractivity contribution in [2.45, 2.75) is 31.7 Å². The van der Waals surface area contributed by atoms with Crippen molar-refractivity contribution < 1.29 is 23.8 Å². The smallest absolute Gasteiger partial charge is 0.349 e. The summed E-state index contributed by atoms with van der Waals surface area (Å²) in [6, 6.07) is 10.1. The van der Waals surface area contributed by atoms with Crippen LogP contribution in [0.2, 0.25) is 0 Å². The van der Waals surface area contributed by atoms with Crippen LogP contribution in [0.3, 0.4) is 0 Å². The zero-order valence-electron chi connectivity index (χ0n) is 22.6. The number of aliphatic hydroxyl groups excluding tert-OH is 1. The first-order valence-corrected chi connectivity index (χ1v) is 13.9. The van der Waals surface area contributed by atoms with E-state index >= 15 is 0 Å². The van der Waals surface area contributed by atoms with Crippen LogP contribution in [0.4, 0.5) is 11.4 Å². The number of hydrogen-bond acceptors (Lipinski definition) is 8. The molecule has 0 saturated carbocycles. The van der Waals surface area contributed by atoms with Crippen molar-refractivity contribution in [2.24, 2.45) is 0 Å². The molecular weight excluding hydrogens is 512 g/mol. The van der Waals surface area contributed by atoms with Gasteiger partial charge in [0.1, 0.15) is 22.9 Å². The van der Waals surface area contributed by atoms with Crippen molar-refractivity contribution in [3.63, 3.8) is 0 Å². The molecule has 2 aromatic carbocycles. The second kappa shape index (κ2) is 10.8. The monoisotopic (exact) mass is 546 g/mol. The molecule has 0 spiro atoms. The van der Waals surface area contributed by atoms with E-state index in [9.17, 15) is 19.5 Å². The Labute approximate surface area is 232 Å². The Morgan fingerprint density at radius 2 is 1.77 bits per heavy atom. The molecule has 0 bridgehead atoms. The predicted molar refractivity (Wildman–Crippen MR) is 151 cm³/mol. The third kappa shape index (κ3) is 4.66. The molecule has 1 unspecified atom stereocenters. The number of piperazine rings is 1. The first-order chi connectivity index (χ1) is 19.5. The van der Waals surface area contributed by atoms with E-state index in [0.29, 0.717) is 37.1 Å². The van der Waals surface area contributed by atoms with E-state index in [2.05, 4.69) is 15.1 Å². The van der Waals surface area contributed by atoms with Gasteiger partial charge in [-0.15, -0.1) is 0 Å². The van der Waals surface area contributed by atoms with Crippen LogP contribution in [0.1, 0.15) is 34.3 Å². The quantitative estimate of drug-likeness (QED) is 0.451. The maximum absolute atomic E-state index is 13.2. The second-order valence-electron chi connectivity index (χ2n) is 10.6. The molecule has 1 saturated heterocycles. The van der Waals surface area contributed by atoms with E-state index in [1.54, 1.807) is 18.1 Å². The molecule has 1 aromatic heterocycles. The molecule has 0 aliphatic carbocycles. The fourth-order valence-electron chi connectivity index (χ4n) is 6.30. The molecule has 6 rings (SSSR count). The topological polar surface area (TPSA) is 116 Å². The fraction of sp³-hybridized carbons (Fsp3) is 0.433. The molecule has 210 valence electrons. The number of rotatable bonds is 6. The second-order valence-corrected chi connectivity index (χ2v) is 10.6. The van der Waals surface area contributed by atoms with Crippen LogP contribution in [0.5, 0.6) is 5.75 Å². The highest BCUT2D eigenvalue weighted by Gasteiger charge is 2.31. The number of carbonyl (C=O) groups is 2. The van der Waals surface area contributed by atoms with E-state index < -0.39 is 24.2 Å². The van der Waals surface area contributed by atoms with Crippen LogP contribution in [-0.4, -0.2) is 80.8 Å². The van der Waals surface area contributed by atoms with E-state index in [-0.39, 0.29) is 11.5 Å². The lowest BCUT2D eigenvalue weighted by Gasteiger charge is -2.37. The molecule has 10 nitrogen and oxygen atoms in total. The Bertz CT molecular complexity index is 1510. The van der Waals surface area contributed by atoms with Gasteiger partial charge in [-0.1, -0.05) is 12.1 Å². The van der Waals surface area contributed by atoms with Crippen LogP contribution >= 0.6 is 0 Å². The van der Waals surface area contributed by atoms with Gasteiger partial charge in [-0.05, 0) is 55.5 Å². The van der Waals surface area contributed by atoms with E-state index in [4.69, 9.17) is 9.15 Å².